The van der Waals surface area contributed by atoms with Crippen molar-refractivity contribution >= 4 is 28.6 Å². The number of hydrogen-bond acceptors (Lipinski definition) is 3. The molecule has 84 valence electrons. The number of carboxylic acid groups (broad SMARTS) is 1. The van der Waals surface area contributed by atoms with Crippen molar-refractivity contribution in [2.24, 2.45) is 0 Å². The summed E-state index contributed by atoms with van der Waals surface area (Å²) in [5.74, 6) is -2.41. The number of pyridine rings is 1. The molecule has 2 aromatic rings. The zero-order valence-corrected chi connectivity index (χ0v) is 8.83. The van der Waals surface area contributed by atoms with Crippen LogP contribution in [0.2, 0.25) is 0 Å². The van der Waals surface area contributed by atoms with Crippen LogP contribution in [-0.4, -0.2) is 21.8 Å². The molecular weight excluding hydrogens is 218 g/mol. The Kier molecular flexibility index (Phi) is 2.96. The van der Waals surface area contributed by atoms with Gasteiger partial charge in [-0.15, -0.1) is 0 Å². The Balaban J connectivity index is 2.43. The van der Waals surface area contributed by atoms with Gasteiger partial charge in [-0.2, -0.15) is 0 Å². The molecule has 0 aliphatic carbocycles. The van der Waals surface area contributed by atoms with Crippen molar-refractivity contribution in [3.05, 3.63) is 48.3 Å². The molecule has 0 amide bonds. The van der Waals surface area contributed by atoms with Gasteiger partial charge in [-0.1, -0.05) is 24.3 Å². The normalized spacial score (nSPS) is 10.8. The largest absolute Gasteiger partial charge is 0.475 e. The van der Waals surface area contributed by atoms with Crippen LogP contribution in [0.25, 0.3) is 16.8 Å². The fraction of sp³-hybridized carbons (Fsp3) is 0. The quantitative estimate of drug-likeness (QED) is 0.642. The number of benzene rings is 1. The van der Waals surface area contributed by atoms with Gasteiger partial charge in [0.15, 0.2) is 0 Å². The van der Waals surface area contributed by atoms with Crippen molar-refractivity contribution in [1.82, 2.24) is 4.98 Å². The van der Waals surface area contributed by atoms with Crippen LogP contribution in [0, 0.1) is 0 Å². The Labute approximate surface area is 97.2 Å². The highest BCUT2D eigenvalue weighted by Gasteiger charge is 2.06. The van der Waals surface area contributed by atoms with E-state index in [4.69, 9.17) is 5.11 Å². The molecule has 4 heteroatoms. The van der Waals surface area contributed by atoms with Gasteiger partial charge in [0.1, 0.15) is 0 Å². The molecule has 1 N–H and O–H groups in total. The molecule has 17 heavy (non-hydrogen) atoms. The number of rotatable bonds is 3. The summed E-state index contributed by atoms with van der Waals surface area (Å²) in [5.41, 5.74) is 0.720. The summed E-state index contributed by atoms with van der Waals surface area (Å²) >= 11 is 0. The molecule has 2 rings (SSSR count). The zero-order valence-electron chi connectivity index (χ0n) is 8.83. The topological polar surface area (TPSA) is 67.3 Å². The lowest BCUT2D eigenvalue weighted by molar-refractivity contribution is -0.146. The maximum atomic E-state index is 10.9. The summed E-state index contributed by atoms with van der Waals surface area (Å²) in [7, 11) is 0. The molecule has 0 spiro atoms. The molecule has 0 bridgehead atoms. The van der Waals surface area contributed by atoms with E-state index in [1.807, 2.05) is 24.3 Å². The zero-order chi connectivity index (χ0) is 12.3. The number of aromatic nitrogens is 1. The van der Waals surface area contributed by atoms with E-state index in [1.54, 1.807) is 12.4 Å². The number of fused-ring (bicyclic) bond motifs is 1. The van der Waals surface area contributed by atoms with E-state index in [9.17, 15) is 9.59 Å². The molecule has 0 saturated heterocycles. The third-order valence-corrected chi connectivity index (χ3v) is 2.32. The van der Waals surface area contributed by atoms with Gasteiger partial charge in [0.2, 0.25) is 0 Å². The summed E-state index contributed by atoms with van der Waals surface area (Å²) in [6.45, 7) is 0. The highest BCUT2D eigenvalue weighted by Crippen LogP contribution is 2.17. The van der Waals surface area contributed by atoms with Gasteiger partial charge < -0.3 is 5.11 Å². The molecule has 0 aliphatic rings. The summed E-state index contributed by atoms with van der Waals surface area (Å²) in [6, 6.07) is 7.55. The third kappa shape index (κ3) is 2.36. The lowest BCUT2D eigenvalue weighted by Gasteiger charge is -2.00. The highest BCUT2D eigenvalue weighted by atomic mass is 16.4. The Morgan fingerprint density at radius 3 is 2.71 bits per heavy atom. The molecule has 0 unspecified atom stereocenters. The highest BCUT2D eigenvalue weighted by molar-refractivity contribution is 6.38. The maximum absolute atomic E-state index is 10.9. The van der Waals surface area contributed by atoms with Crippen molar-refractivity contribution in [2.45, 2.75) is 0 Å². The van der Waals surface area contributed by atoms with Gasteiger partial charge >= 0.3 is 5.97 Å². The molecular formula is C13H9NO3. The molecule has 4 nitrogen and oxygen atoms in total. The van der Waals surface area contributed by atoms with Crippen molar-refractivity contribution in [2.75, 3.05) is 0 Å². The molecule has 0 atom stereocenters. The summed E-state index contributed by atoms with van der Waals surface area (Å²) in [6.07, 6.45) is 5.80. The van der Waals surface area contributed by atoms with Crippen LogP contribution in [0.5, 0.6) is 0 Å². The van der Waals surface area contributed by atoms with E-state index in [2.05, 4.69) is 4.98 Å². The Morgan fingerprint density at radius 2 is 1.94 bits per heavy atom. The van der Waals surface area contributed by atoms with Gasteiger partial charge in [-0.05, 0) is 17.5 Å². The standard InChI is InChI=1S/C13H9NO3/c15-12(13(16)17)6-5-10-8-14-7-9-3-1-2-4-11(9)10/h1-8H,(H,16,17)/b6-5+. The number of carbonyl (C=O) groups excluding carboxylic acids is 1. The lowest BCUT2D eigenvalue weighted by Crippen LogP contribution is -2.08. The van der Waals surface area contributed by atoms with Gasteiger partial charge in [0.05, 0.1) is 0 Å². The molecule has 0 radical (unpaired) electrons. The van der Waals surface area contributed by atoms with E-state index in [-0.39, 0.29) is 0 Å². The molecule has 1 aromatic carbocycles. The van der Waals surface area contributed by atoms with Crippen molar-refractivity contribution in [1.29, 1.82) is 0 Å². The minimum Gasteiger partial charge on any atom is -0.475 e. The number of carbonyl (C=O) groups is 2. The van der Waals surface area contributed by atoms with Gasteiger partial charge in [0, 0.05) is 23.3 Å². The number of ketones is 1. The van der Waals surface area contributed by atoms with E-state index in [1.165, 1.54) is 6.08 Å². The van der Waals surface area contributed by atoms with Crippen LogP contribution >= 0.6 is 0 Å². The van der Waals surface area contributed by atoms with Crippen molar-refractivity contribution < 1.29 is 14.7 Å². The minimum atomic E-state index is -1.46. The molecule has 0 aliphatic heterocycles. The predicted octanol–water partition coefficient (Wildman–Crippen LogP) is 1.90. The van der Waals surface area contributed by atoms with E-state index < -0.39 is 11.8 Å². The van der Waals surface area contributed by atoms with Gasteiger partial charge in [-0.3, -0.25) is 9.78 Å². The first-order valence-electron chi connectivity index (χ1n) is 4.96. The molecule has 1 aromatic heterocycles. The average molecular weight is 227 g/mol. The monoisotopic (exact) mass is 227 g/mol. The fourth-order valence-electron chi connectivity index (χ4n) is 1.51. The van der Waals surface area contributed by atoms with Crippen molar-refractivity contribution in [3.63, 3.8) is 0 Å². The second-order valence-electron chi connectivity index (χ2n) is 3.45. The predicted molar refractivity (Wildman–Crippen MR) is 63.4 cm³/mol. The Hall–Kier alpha value is -2.49. The first-order valence-corrected chi connectivity index (χ1v) is 4.96. The number of hydrogen-bond donors (Lipinski definition) is 1. The van der Waals surface area contributed by atoms with Crippen LogP contribution in [0.15, 0.2) is 42.7 Å². The minimum absolute atomic E-state index is 0.720. The Morgan fingerprint density at radius 1 is 1.18 bits per heavy atom. The smallest absolute Gasteiger partial charge is 0.376 e. The van der Waals surface area contributed by atoms with E-state index >= 15 is 0 Å². The number of nitrogens with zero attached hydrogens (tertiary/aromatic N) is 1. The lowest BCUT2D eigenvalue weighted by atomic mass is 10.1. The SMILES string of the molecule is O=C(O)C(=O)/C=C/c1cncc2ccccc12. The first kappa shape index (κ1) is 11.0. The maximum Gasteiger partial charge on any atom is 0.376 e. The molecule has 0 fully saturated rings. The van der Waals surface area contributed by atoms with Crippen LogP contribution in [0.3, 0.4) is 0 Å². The molecule has 1 heterocycles. The Bertz CT molecular complexity index is 612. The summed E-state index contributed by atoms with van der Waals surface area (Å²) in [4.78, 5) is 25.3. The average Bonchev–Trinajstić information content (AvgIpc) is 2.35. The second-order valence-corrected chi connectivity index (χ2v) is 3.45. The van der Waals surface area contributed by atoms with Crippen molar-refractivity contribution in [3.8, 4) is 0 Å². The van der Waals surface area contributed by atoms with E-state index in [0.717, 1.165) is 22.4 Å². The summed E-state index contributed by atoms with van der Waals surface area (Å²) < 4.78 is 0. The number of aliphatic carboxylic acids is 1. The van der Waals surface area contributed by atoms with Crippen LogP contribution < -0.4 is 0 Å². The fourth-order valence-corrected chi connectivity index (χ4v) is 1.51. The number of carboxylic acids is 1. The van der Waals surface area contributed by atoms with Crippen LogP contribution in [0.4, 0.5) is 0 Å². The van der Waals surface area contributed by atoms with E-state index in [0.29, 0.717) is 0 Å². The van der Waals surface area contributed by atoms with Crippen LogP contribution in [0.1, 0.15) is 5.56 Å². The third-order valence-electron chi connectivity index (χ3n) is 2.32. The molecule has 0 saturated carbocycles. The first-order chi connectivity index (χ1) is 8.18. The van der Waals surface area contributed by atoms with Gasteiger partial charge in [-0.25, -0.2) is 4.79 Å². The van der Waals surface area contributed by atoms with Crippen LogP contribution in [-0.2, 0) is 9.59 Å². The second kappa shape index (κ2) is 4.57. The summed E-state index contributed by atoms with van der Waals surface area (Å²) in [5, 5.41) is 10.3. The van der Waals surface area contributed by atoms with Gasteiger partial charge in [0.25, 0.3) is 5.78 Å².